The van der Waals surface area contributed by atoms with Crippen LogP contribution in [-0.4, -0.2) is 12.2 Å². The number of nitrogens with one attached hydrogen (secondary N) is 2. The third kappa shape index (κ3) is 3.50. The van der Waals surface area contributed by atoms with Gasteiger partial charge in [0.05, 0.1) is 0 Å². The lowest BCUT2D eigenvalue weighted by Crippen LogP contribution is -2.32. The van der Waals surface area contributed by atoms with Crippen molar-refractivity contribution in [3.63, 3.8) is 0 Å². The van der Waals surface area contributed by atoms with Crippen LogP contribution in [0.2, 0.25) is 0 Å². The number of hydrogen-bond donors (Lipinski definition) is 2. The van der Waals surface area contributed by atoms with Gasteiger partial charge < -0.3 is 10.6 Å². The Labute approximate surface area is 91.5 Å². The van der Waals surface area contributed by atoms with E-state index in [-0.39, 0.29) is 0 Å². The van der Waals surface area contributed by atoms with Gasteiger partial charge in [-0.3, -0.25) is 0 Å². The number of rotatable bonds is 3. The van der Waals surface area contributed by atoms with E-state index in [1.165, 1.54) is 18.5 Å². The van der Waals surface area contributed by atoms with E-state index >= 15 is 0 Å². The summed E-state index contributed by atoms with van der Waals surface area (Å²) in [5, 5.41) is 6.80. The lowest BCUT2D eigenvalue weighted by molar-refractivity contribution is 0.560. The molecular formula is C11H18N2S. The van der Waals surface area contributed by atoms with Gasteiger partial charge in [0, 0.05) is 12.7 Å². The average molecular weight is 210 g/mol. The first-order chi connectivity index (χ1) is 6.76. The minimum absolute atomic E-state index is 0.673. The first kappa shape index (κ1) is 11.2. The third-order valence-corrected chi connectivity index (χ3v) is 2.63. The zero-order chi connectivity index (χ0) is 10.4. The summed E-state index contributed by atoms with van der Waals surface area (Å²) in [6.45, 7) is 2.22. The van der Waals surface area contributed by atoms with Gasteiger partial charge in [-0.2, -0.15) is 0 Å². The summed E-state index contributed by atoms with van der Waals surface area (Å²) in [5.74, 6) is 0.673. The monoisotopic (exact) mass is 210 g/mol. The quantitative estimate of drug-likeness (QED) is 0.699. The van der Waals surface area contributed by atoms with Crippen LogP contribution in [0.3, 0.4) is 0 Å². The molecule has 0 bridgehead atoms. The molecule has 0 aromatic heterocycles. The van der Waals surface area contributed by atoms with E-state index in [0.717, 1.165) is 6.42 Å². The molecule has 1 atom stereocenters. The number of thiocarbonyl (C=S) groups is 1. The van der Waals surface area contributed by atoms with E-state index in [2.05, 4.69) is 35.8 Å². The summed E-state index contributed by atoms with van der Waals surface area (Å²) in [5.41, 5.74) is 1.21. The Morgan fingerprint density at radius 2 is 2.43 bits per heavy atom. The third-order valence-electron chi connectivity index (χ3n) is 2.32. The van der Waals surface area contributed by atoms with Gasteiger partial charge in [-0.15, -0.1) is 0 Å². The summed E-state index contributed by atoms with van der Waals surface area (Å²) < 4.78 is 0. The van der Waals surface area contributed by atoms with Gasteiger partial charge in [0.2, 0.25) is 0 Å². The van der Waals surface area contributed by atoms with E-state index in [0.29, 0.717) is 11.0 Å². The van der Waals surface area contributed by atoms with Crippen molar-refractivity contribution in [3.05, 3.63) is 23.9 Å². The van der Waals surface area contributed by atoms with Crippen LogP contribution in [0.4, 0.5) is 0 Å². The number of hydrogen-bond acceptors (Lipinski definition) is 1. The van der Waals surface area contributed by atoms with Crippen molar-refractivity contribution in [2.24, 2.45) is 5.92 Å². The van der Waals surface area contributed by atoms with Gasteiger partial charge in [0.15, 0.2) is 5.11 Å². The molecule has 0 radical (unpaired) electrons. The Kier molecular flexibility index (Phi) is 4.66. The second-order valence-electron chi connectivity index (χ2n) is 3.53. The second-order valence-corrected chi connectivity index (χ2v) is 3.94. The van der Waals surface area contributed by atoms with Crippen LogP contribution in [0.1, 0.15) is 26.2 Å². The summed E-state index contributed by atoms with van der Waals surface area (Å²) in [7, 11) is 1.83. The van der Waals surface area contributed by atoms with Crippen LogP contribution in [0.5, 0.6) is 0 Å². The lowest BCUT2D eigenvalue weighted by Gasteiger charge is -2.19. The Morgan fingerprint density at radius 3 is 3.07 bits per heavy atom. The minimum atomic E-state index is 0.673. The highest BCUT2D eigenvalue weighted by Gasteiger charge is 2.10. The first-order valence-electron chi connectivity index (χ1n) is 5.12. The van der Waals surface area contributed by atoms with E-state index in [1.54, 1.807) is 0 Å². The molecular weight excluding hydrogens is 192 g/mol. The predicted octanol–water partition coefficient (Wildman–Crippen LogP) is 2.34. The first-order valence-corrected chi connectivity index (χ1v) is 5.53. The fourth-order valence-electron chi connectivity index (χ4n) is 1.62. The second kappa shape index (κ2) is 5.81. The molecule has 0 saturated carbocycles. The Bertz CT molecular complexity index is 256. The SMILES string of the molecule is CCCC1C=CC=C(NC(=S)NC)C1. The molecule has 0 aromatic rings. The summed E-state index contributed by atoms with van der Waals surface area (Å²) in [6, 6.07) is 0. The normalized spacial score (nSPS) is 20.1. The van der Waals surface area contributed by atoms with Crippen LogP contribution >= 0.6 is 12.2 Å². The van der Waals surface area contributed by atoms with Crippen molar-refractivity contribution in [2.45, 2.75) is 26.2 Å². The molecule has 3 heteroatoms. The Morgan fingerprint density at radius 1 is 1.64 bits per heavy atom. The molecule has 2 N–H and O–H groups in total. The Balaban J connectivity index is 2.44. The molecule has 1 aliphatic rings. The van der Waals surface area contributed by atoms with Crippen molar-refractivity contribution >= 4 is 17.3 Å². The van der Waals surface area contributed by atoms with Crippen LogP contribution in [0, 0.1) is 5.92 Å². The fraction of sp³-hybridized carbons (Fsp3) is 0.545. The van der Waals surface area contributed by atoms with Crippen molar-refractivity contribution < 1.29 is 0 Å². The largest absolute Gasteiger partial charge is 0.366 e. The maximum atomic E-state index is 5.05. The van der Waals surface area contributed by atoms with Gasteiger partial charge in [-0.25, -0.2) is 0 Å². The molecule has 0 aromatic carbocycles. The maximum absolute atomic E-state index is 5.05. The predicted molar refractivity (Wildman–Crippen MR) is 65.0 cm³/mol. The Hall–Kier alpha value is -0.830. The highest BCUT2D eigenvalue weighted by Crippen LogP contribution is 2.20. The van der Waals surface area contributed by atoms with E-state index < -0.39 is 0 Å². The molecule has 78 valence electrons. The molecule has 0 saturated heterocycles. The molecule has 0 aliphatic heterocycles. The lowest BCUT2D eigenvalue weighted by atomic mass is 9.94. The molecule has 14 heavy (non-hydrogen) atoms. The average Bonchev–Trinajstić information content (AvgIpc) is 2.19. The summed E-state index contributed by atoms with van der Waals surface area (Å²) >= 11 is 5.05. The van der Waals surface area contributed by atoms with E-state index in [9.17, 15) is 0 Å². The van der Waals surface area contributed by atoms with Crippen molar-refractivity contribution in [1.82, 2.24) is 10.6 Å². The minimum Gasteiger partial charge on any atom is -0.366 e. The van der Waals surface area contributed by atoms with Crippen LogP contribution < -0.4 is 10.6 Å². The smallest absolute Gasteiger partial charge is 0.170 e. The zero-order valence-corrected chi connectivity index (χ0v) is 9.66. The van der Waals surface area contributed by atoms with E-state index in [1.807, 2.05) is 7.05 Å². The molecule has 0 amide bonds. The van der Waals surface area contributed by atoms with Gasteiger partial charge in [-0.1, -0.05) is 25.5 Å². The van der Waals surface area contributed by atoms with Crippen LogP contribution in [-0.2, 0) is 0 Å². The topological polar surface area (TPSA) is 24.1 Å². The molecule has 0 heterocycles. The highest BCUT2D eigenvalue weighted by molar-refractivity contribution is 7.80. The standard InChI is InChI=1S/C11H18N2S/c1-3-5-9-6-4-7-10(8-9)13-11(14)12-2/h4,6-7,9H,3,5,8H2,1-2H3,(H2,12,13,14). The van der Waals surface area contributed by atoms with Crippen molar-refractivity contribution in [2.75, 3.05) is 7.05 Å². The van der Waals surface area contributed by atoms with Crippen LogP contribution in [0.15, 0.2) is 23.9 Å². The van der Waals surface area contributed by atoms with Gasteiger partial charge in [-0.05, 0) is 37.1 Å². The molecule has 1 unspecified atom stereocenters. The van der Waals surface area contributed by atoms with Crippen LogP contribution in [0.25, 0.3) is 0 Å². The van der Waals surface area contributed by atoms with Crippen molar-refractivity contribution in [3.8, 4) is 0 Å². The van der Waals surface area contributed by atoms with Crippen molar-refractivity contribution in [1.29, 1.82) is 0 Å². The highest BCUT2D eigenvalue weighted by atomic mass is 32.1. The maximum Gasteiger partial charge on any atom is 0.170 e. The zero-order valence-electron chi connectivity index (χ0n) is 8.84. The van der Waals surface area contributed by atoms with Gasteiger partial charge in [0.1, 0.15) is 0 Å². The molecule has 1 aliphatic carbocycles. The molecule has 0 fully saturated rings. The van der Waals surface area contributed by atoms with Gasteiger partial charge >= 0.3 is 0 Å². The molecule has 0 spiro atoms. The van der Waals surface area contributed by atoms with Gasteiger partial charge in [0.25, 0.3) is 0 Å². The van der Waals surface area contributed by atoms with E-state index in [4.69, 9.17) is 12.2 Å². The summed E-state index contributed by atoms with van der Waals surface area (Å²) in [6.07, 6.45) is 10.0. The molecule has 1 rings (SSSR count). The fourth-order valence-corrected chi connectivity index (χ4v) is 1.75. The summed E-state index contributed by atoms with van der Waals surface area (Å²) in [4.78, 5) is 0. The number of allylic oxidation sites excluding steroid dienone is 4. The molecule has 2 nitrogen and oxygen atoms in total.